The molecule has 0 spiro atoms. The molecule has 1 atom stereocenters. The highest BCUT2D eigenvalue weighted by atomic mass is 16.5. The van der Waals surface area contributed by atoms with Crippen LogP contribution in [-0.4, -0.2) is 52.8 Å². The number of carboxylic acid groups (broad SMARTS) is 1. The number of aryl methyl sites for hydroxylation is 1. The summed E-state index contributed by atoms with van der Waals surface area (Å²) in [6, 6.07) is 3.66. The van der Waals surface area contributed by atoms with Crippen LogP contribution in [0.25, 0.3) is 0 Å². The molecule has 0 aliphatic heterocycles. The lowest BCUT2D eigenvalue weighted by Gasteiger charge is -2.25. The van der Waals surface area contributed by atoms with Crippen LogP contribution in [0, 0.1) is 12.8 Å². The first-order valence-corrected chi connectivity index (χ1v) is 7.60. The van der Waals surface area contributed by atoms with Crippen molar-refractivity contribution in [1.82, 2.24) is 9.47 Å². The van der Waals surface area contributed by atoms with Crippen LogP contribution in [0.5, 0.6) is 0 Å². The number of carbonyl (C=O) groups is 2. The van der Waals surface area contributed by atoms with Gasteiger partial charge in [-0.3, -0.25) is 9.59 Å². The SMILES string of the molecule is CCOCCCN(CC(C)C(=O)O)C(=O)c1ccc(C)n1C. The molecule has 1 unspecified atom stereocenters. The monoisotopic (exact) mass is 310 g/mol. The minimum atomic E-state index is -0.898. The van der Waals surface area contributed by atoms with Crippen molar-refractivity contribution in [2.75, 3.05) is 26.3 Å². The summed E-state index contributed by atoms with van der Waals surface area (Å²) >= 11 is 0. The van der Waals surface area contributed by atoms with E-state index in [1.807, 2.05) is 31.5 Å². The van der Waals surface area contributed by atoms with E-state index < -0.39 is 11.9 Å². The topological polar surface area (TPSA) is 71.8 Å². The lowest BCUT2D eigenvalue weighted by Crippen LogP contribution is -2.38. The van der Waals surface area contributed by atoms with Crippen molar-refractivity contribution in [3.05, 3.63) is 23.5 Å². The number of ether oxygens (including phenoxy) is 1. The largest absolute Gasteiger partial charge is 0.481 e. The van der Waals surface area contributed by atoms with Crippen LogP contribution >= 0.6 is 0 Å². The maximum Gasteiger partial charge on any atom is 0.308 e. The molecular weight excluding hydrogens is 284 g/mol. The van der Waals surface area contributed by atoms with Gasteiger partial charge in [0, 0.05) is 39.0 Å². The predicted molar refractivity (Wildman–Crippen MR) is 84.0 cm³/mol. The number of aromatic nitrogens is 1. The smallest absolute Gasteiger partial charge is 0.308 e. The first-order valence-electron chi connectivity index (χ1n) is 7.60. The number of aliphatic carboxylic acids is 1. The number of rotatable bonds is 9. The van der Waals surface area contributed by atoms with Crippen LogP contribution in [0.15, 0.2) is 12.1 Å². The Hall–Kier alpha value is -1.82. The lowest BCUT2D eigenvalue weighted by atomic mass is 10.1. The molecular formula is C16H26N2O4. The second-order valence-electron chi connectivity index (χ2n) is 5.46. The first kappa shape index (κ1) is 18.2. The molecule has 0 aliphatic carbocycles. The number of carboxylic acids is 1. The molecule has 0 aromatic carbocycles. The van der Waals surface area contributed by atoms with Crippen molar-refractivity contribution in [3.8, 4) is 0 Å². The molecule has 124 valence electrons. The number of nitrogens with zero attached hydrogens (tertiary/aromatic N) is 2. The first-order chi connectivity index (χ1) is 10.4. The summed E-state index contributed by atoms with van der Waals surface area (Å²) in [7, 11) is 1.83. The zero-order chi connectivity index (χ0) is 16.7. The molecule has 1 aromatic rings. The maximum absolute atomic E-state index is 12.7. The van der Waals surface area contributed by atoms with Gasteiger partial charge >= 0.3 is 5.97 Å². The van der Waals surface area contributed by atoms with Gasteiger partial charge in [0.2, 0.25) is 0 Å². The second kappa shape index (κ2) is 8.58. The number of carbonyl (C=O) groups excluding carboxylic acids is 1. The normalized spacial score (nSPS) is 12.2. The van der Waals surface area contributed by atoms with Gasteiger partial charge in [-0.1, -0.05) is 6.92 Å². The van der Waals surface area contributed by atoms with Crippen molar-refractivity contribution in [2.24, 2.45) is 13.0 Å². The quantitative estimate of drug-likeness (QED) is 0.707. The molecule has 6 nitrogen and oxygen atoms in total. The van der Waals surface area contributed by atoms with E-state index in [-0.39, 0.29) is 12.5 Å². The van der Waals surface area contributed by atoms with Gasteiger partial charge in [0.15, 0.2) is 0 Å². The Morgan fingerprint density at radius 1 is 1.41 bits per heavy atom. The van der Waals surface area contributed by atoms with E-state index in [0.717, 1.165) is 5.69 Å². The molecule has 0 aliphatic rings. The van der Waals surface area contributed by atoms with Gasteiger partial charge in [-0.05, 0) is 32.4 Å². The molecule has 6 heteroatoms. The Morgan fingerprint density at radius 2 is 2.09 bits per heavy atom. The fourth-order valence-corrected chi connectivity index (χ4v) is 2.18. The molecule has 22 heavy (non-hydrogen) atoms. The lowest BCUT2D eigenvalue weighted by molar-refractivity contribution is -0.141. The third-order valence-electron chi connectivity index (χ3n) is 3.72. The number of hydrogen-bond donors (Lipinski definition) is 1. The van der Waals surface area contributed by atoms with Crippen LogP contribution in [0.4, 0.5) is 0 Å². The number of hydrogen-bond acceptors (Lipinski definition) is 3. The Balaban J connectivity index is 2.81. The van der Waals surface area contributed by atoms with Crippen molar-refractivity contribution < 1.29 is 19.4 Å². The van der Waals surface area contributed by atoms with Gasteiger partial charge in [0.25, 0.3) is 5.91 Å². The predicted octanol–water partition coefficient (Wildman–Crippen LogP) is 1.92. The molecule has 1 rings (SSSR count). The molecule has 1 heterocycles. The van der Waals surface area contributed by atoms with E-state index in [2.05, 4.69) is 0 Å². The van der Waals surface area contributed by atoms with Gasteiger partial charge in [-0.2, -0.15) is 0 Å². The Morgan fingerprint density at radius 3 is 2.59 bits per heavy atom. The molecule has 0 bridgehead atoms. The molecule has 0 fully saturated rings. The van der Waals surface area contributed by atoms with E-state index in [4.69, 9.17) is 9.84 Å². The van der Waals surface area contributed by atoms with Gasteiger partial charge < -0.3 is 19.3 Å². The Bertz CT molecular complexity index is 510. The van der Waals surface area contributed by atoms with E-state index in [1.165, 1.54) is 0 Å². The third-order valence-corrected chi connectivity index (χ3v) is 3.72. The number of amides is 1. The summed E-state index contributed by atoms with van der Waals surface area (Å²) in [6.07, 6.45) is 0.690. The molecule has 1 N–H and O–H groups in total. The summed E-state index contributed by atoms with van der Waals surface area (Å²) in [4.78, 5) is 25.3. The summed E-state index contributed by atoms with van der Waals surface area (Å²) in [6.45, 7) is 7.34. The molecule has 0 radical (unpaired) electrons. The van der Waals surface area contributed by atoms with Crippen LogP contribution in [0.3, 0.4) is 0 Å². The van der Waals surface area contributed by atoms with Crippen molar-refractivity contribution in [3.63, 3.8) is 0 Å². The fourth-order valence-electron chi connectivity index (χ4n) is 2.18. The van der Waals surface area contributed by atoms with E-state index in [1.54, 1.807) is 17.9 Å². The highest BCUT2D eigenvalue weighted by Crippen LogP contribution is 2.12. The molecule has 0 saturated heterocycles. The van der Waals surface area contributed by atoms with Crippen LogP contribution in [-0.2, 0) is 16.6 Å². The summed E-state index contributed by atoms with van der Waals surface area (Å²) < 4.78 is 7.11. The molecule has 1 amide bonds. The van der Waals surface area contributed by atoms with Crippen molar-refractivity contribution in [1.29, 1.82) is 0 Å². The van der Waals surface area contributed by atoms with Crippen LogP contribution in [0.1, 0.15) is 36.5 Å². The second-order valence-corrected chi connectivity index (χ2v) is 5.46. The Labute approximate surface area is 131 Å². The third kappa shape index (κ3) is 4.87. The minimum absolute atomic E-state index is 0.139. The van der Waals surface area contributed by atoms with E-state index in [0.29, 0.717) is 31.9 Å². The summed E-state index contributed by atoms with van der Waals surface area (Å²) in [5.74, 6) is -1.64. The van der Waals surface area contributed by atoms with Gasteiger partial charge in [-0.25, -0.2) is 0 Å². The summed E-state index contributed by atoms with van der Waals surface area (Å²) in [5, 5.41) is 9.08. The highest BCUT2D eigenvalue weighted by molar-refractivity contribution is 5.93. The van der Waals surface area contributed by atoms with Crippen LogP contribution in [0.2, 0.25) is 0 Å². The van der Waals surface area contributed by atoms with Gasteiger partial charge in [0.1, 0.15) is 5.69 Å². The van der Waals surface area contributed by atoms with E-state index >= 15 is 0 Å². The van der Waals surface area contributed by atoms with Gasteiger partial charge in [-0.15, -0.1) is 0 Å². The Kier molecular flexibility index (Phi) is 7.11. The zero-order valence-electron chi connectivity index (χ0n) is 13.8. The van der Waals surface area contributed by atoms with Crippen molar-refractivity contribution in [2.45, 2.75) is 27.2 Å². The fraction of sp³-hybridized carbons (Fsp3) is 0.625. The summed E-state index contributed by atoms with van der Waals surface area (Å²) in [5.41, 5.74) is 1.57. The maximum atomic E-state index is 12.7. The average Bonchev–Trinajstić information content (AvgIpc) is 2.81. The van der Waals surface area contributed by atoms with Gasteiger partial charge in [0.05, 0.1) is 5.92 Å². The van der Waals surface area contributed by atoms with Crippen LogP contribution < -0.4 is 0 Å². The standard InChI is InChI=1S/C16H26N2O4/c1-5-22-10-6-9-18(11-12(2)16(20)21)15(19)14-8-7-13(3)17(14)4/h7-8,12H,5-6,9-11H2,1-4H3,(H,20,21). The molecule has 1 aromatic heterocycles. The highest BCUT2D eigenvalue weighted by Gasteiger charge is 2.23. The molecule has 0 saturated carbocycles. The van der Waals surface area contributed by atoms with E-state index in [9.17, 15) is 9.59 Å². The van der Waals surface area contributed by atoms with Crippen molar-refractivity contribution >= 4 is 11.9 Å². The average molecular weight is 310 g/mol. The zero-order valence-corrected chi connectivity index (χ0v) is 13.8. The minimum Gasteiger partial charge on any atom is -0.481 e.